The minimum atomic E-state index is -1.20. The molecule has 0 fully saturated rings. The molecule has 0 spiro atoms. The number of amides is 1. The minimum absolute atomic E-state index is 0.0292. The molecule has 0 atom stereocenters. The van der Waals surface area contributed by atoms with Crippen molar-refractivity contribution in [1.29, 1.82) is 0 Å². The number of benzene rings is 1. The van der Waals surface area contributed by atoms with E-state index >= 15 is 0 Å². The van der Waals surface area contributed by atoms with Crippen molar-refractivity contribution in [2.45, 2.75) is 32.6 Å². The molecule has 1 amide bonds. The second kappa shape index (κ2) is 6.44. The molecule has 2 aromatic rings. The van der Waals surface area contributed by atoms with Crippen molar-refractivity contribution in [3.05, 3.63) is 53.0 Å². The van der Waals surface area contributed by atoms with Crippen molar-refractivity contribution in [3.8, 4) is 0 Å². The number of carbonyl (C=O) groups is 1. The Kier molecular flexibility index (Phi) is 4.37. The van der Waals surface area contributed by atoms with E-state index < -0.39 is 18.4 Å². The van der Waals surface area contributed by atoms with Crippen LogP contribution in [-0.2, 0) is 17.6 Å². The lowest BCUT2D eigenvalue weighted by molar-refractivity contribution is -0.118. The summed E-state index contributed by atoms with van der Waals surface area (Å²) in [4.78, 5) is 17.6. The van der Waals surface area contributed by atoms with Gasteiger partial charge >= 0.3 is 0 Å². The van der Waals surface area contributed by atoms with E-state index in [4.69, 9.17) is 0 Å². The second-order valence-electron chi connectivity index (χ2n) is 5.80. The van der Waals surface area contributed by atoms with Gasteiger partial charge in [0, 0.05) is 5.69 Å². The Morgan fingerprint density at radius 3 is 2.74 bits per heavy atom. The Labute approximate surface area is 134 Å². The van der Waals surface area contributed by atoms with Gasteiger partial charge in [-0.1, -0.05) is 12.1 Å². The maximum Gasteiger partial charge on any atom is 0.264 e. The predicted octanol–water partition coefficient (Wildman–Crippen LogP) is 4.04. The number of nitrogens with zero attached hydrogens (tertiary/aromatic N) is 2. The molecule has 0 unspecified atom stereocenters. The number of carbonyl (C=O) groups excluding carboxylic acids is 1. The maximum atomic E-state index is 14.3. The first kappa shape index (κ1) is 15.6. The fraction of sp³-hybridized carbons (Fsp3) is 0.333. The number of hydrogen-bond acceptors (Lipinski definition) is 2. The van der Waals surface area contributed by atoms with Crippen molar-refractivity contribution in [2.24, 2.45) is 0 Å². The van der Waals surface area contributed by atoms with Crippen LogP contribution < -0.4 is 4.90 Å². The van der Waals surface area contributed by atoms with E-state index in [1.54, 1.807) is 19.1 Å². The van der Waals surface area contributed by atoms with Gasteiger partial charge < -0.3 is 0 Å². The molecule has 0 radical (unpaired) electrons. The molecule has 23 heavy (non-hydrogen) atoms. The van der Waals surface area contributed by atoms with E-state index in [1.807, 2.05) is 6.07 Å². The summed E-state index contributed by atoms with van der Waals surface area (Å²) in [7, 11) is 0. The van der Waals surface area contributed by atoms with Crippen LogP contribution in [0.15, 0.2) is 30.3 Å². The van der Waals surface area contributed by atoms with Gasteiger partial charge in [0.15, 0.2) is 6.67 Å². The minimum Gasteiger partial charge on any atom is -0.271 e. The van der Waals surface area contributed by atoms with Crippen LogP contribution in [0.2, 0.25) is 0 Å². The summed E-state index contributed by atoms with van der Waals surface area (Å²) in [6, 6.07) is 8.07. The van der Waals surface area contributed by atoms with Crippen molar-refractivity contribution in [2.75, 3.05) is 11.6 Å². The first-order valence-electron chi connectivity index (χ1n) is 7.74. The summed E-state index contributed by atoms with van der Waals surface area (Å²) in [5.74, 6) is -1.11. The van der Waals surface area contributed by atoms with E-state index in [2.05, 4.69) is 4.98 Å². The van der Waals surface area contributed by atoms with Crippen LogP contribution in [-0.4, -0.2) is 17.6 Å². The summed E-state index contributed by atoms with van der Waals surface area (Å²) in [6.07, 6.45) is 3.95. The summed E-state index contributed by atoms with van der Waals surface area (Å²) in [6.45, 7) is 0.553. The molecule has 0 saturated heterocycles. The zero-order valence-corrected chi connectivity index (χ0v) is 13.0. The quantitative estimate of drug-likeness (QED) is 0.856. The number of pyridine rings is 1. The highest BCUT2D eigenvalue weighted by Crippen LogP contribution is 2.30. The van der Waals surface area contributed by atoms with Gasteiger partial charge in [0.1, 0.15) is 11.6 Å². The summed E-state index contributed by atoms with van der Waals surface area (Å²) >= 11 is 0. The van der Waals surface area contributed by atoms with Gasteiger partial charge in [-0.15, -0.1) is 0 Å². The van der Waals surface area contributed by atoms with Crippen LogP contribution in [0.1, 0.15) is 29.7 Å². The van der Waals surface area contributed by atoms with Crippen LogP contribution in [0, 0.1) is 12.7 Å². The van der Waals surface area contributed by atoms with E-state index in [0.29, 0.717) is 0 Å². The third kappa shape index (κ3) is 3.09. The van der Waals surface area contributed by atoms with Crippen LogP contribution in [0.4, 0.5) is 20.3 Å². The molecule has 0 aliphatic heterocycles. The molecular formula is C18H18F2N2O. The van der Waals surface area contributed by atoms with Gasteiger partial charge in [0.25, 0.3) is 5.91 Å². The average molecular weight is 316 g/mol. The van der Waals surface area contributed by atoms with Gasteiger partial charge in [-0.25, -0.2) is 13.8 Å². The maximum absolute atomic E-state index is 14.3. The molecule has 1 aliphatic carbocycles. The Hall–Kier alpha value is -2.30. The van der Waals surface area contributed by atoms with Crippen molar-refractivity contribution < 1.29 is 13.6 Å². The molecule has 1 heterocycles. The third-order valence-electron chi connectivity index (χ3n) is 4.10. The highest BCUT2D eigenvalue weighted by atomic mass is 19.1. The van der Waals surface area contributed by atoms with E-state index in [1.165, 1.54) is 12.1 Å². The number of fused-ring (bicyclic) bond motifs is 1. The fourth-order valence-electron chi connectivity index (χ4n) is 2.93. The molecule has 3 nitrogen and oxygen atoms in total. The predicted molar refractivity (Wildman–Crippen MR) is 85.1 cm³/mol. The average Bonchev–Trinajstić information content (AvgIpc) is 2.56. The third-order valence-corrected chi connectivity index (χ3v) is 4.10. The zero-order chi connectivity index (χ0) is 16.4. The number of hydrogen-bond donors (Lipinski definition) is 0. The first-order valence-corrected chi connectivity index (χ1v) is 7.74. The standard InChI is InChI=1S/C18H18F2N2O/c1-12-6-8-16(14(20)10-12)22(18(23)11-19)17-9-7-13-4-2-3-5-15(13)21-17/h6-10H,2-5,11H2,1H3. The molecule has 3 rings (SSSR count). The Bertz CT molecular complexity index is 746. The zero-order valence-electron chi connectivity index (χ0n) is 13.0. The van der Waals surface area contributed by atoms with E-state index in [9.17, 15) is 13.6 Å². The second-order valence-corrected chi connectivity index (χ2v) is 5.80. The molecule has 0 N–H and O–H groups in total. The van der Waals surface area contributed by atoms with Gasteiger partial charge in [-0.05, 0) is 61.9 Å². The highest BCUT2D eigenvalue weighted by molar-refractivity contribution is 6.00. The number of alkyl halides is 1. The summed E-state index contributed by atoms with van der Waals surface area (Å²) < 4.78 is 27.3. The Morgan fingerprint density at radius 1 is 1.22 bits per heavy atom. The van der Waals surface area contributed by atoms with Crippen LogP contribution >= 0.6 is 0 Å². The van der Waals surface area contributed by atoms with Crippen LogP contribution in [0.5, 0.6) is 0 Å². The summed E-state index contributed by atoms with van der Waals surface area (Å²) in [5, 5.41) is 0. The van der Waals surface area contributed by atoms with Gasteiger partial charge in [-0.2, -0.15) is 0 Å². The van der Waals surface area contributed by atoms with E-state index in [0.717, 1.165) is 47.4 Å². The van der Waals surface area contributed by atoms with Crippen molar-refractivity contribution in [1.82, 2.24) is 4.98 Å². The van der Waals surface area contributed by atoms with Gasteiger partial charge in [0.2, 0.25) is 0 Å². The summed E-state index contributed by atoms with van der Waals surface area (Å²) in [5.41, 5.74) is 2.83. The molecule has 0 bridgehead atoms. The monoisotopic (exact) mass is 316 g/mol. The largest absolute Gasteiger partial charge is 0.271 e. The number of halogens is 2. The smallest absolute Gasteiger partial charge is 0.264 e. The van der Waals surface area contributed by atoms with E-state index in [-0.39, 0.29) is 11.5 Å². The first-order chi connectivity index (χ1) is 11.1. The van der Waals surface area contributed by atoms with Crippen molar-refractivity contribution in [3.63, 3.8) is 0 Å². The molecule has 1 aliphatic rings. The number of anilines is 2. The molecular weight excluding hydrogens is 298 g/mol. The van der Waals surface area contributed by atoms with Crippen LogP contribution in [0.3, 0.4) is 0 Å². The molecule has 0 saturated carbocycles. The van der Waals surface area contributed by atoms with Gasteiger partial charge in [-0.3, -0.25) is 9.69 Å². The normalized spacial score (nSPS) is 13.5. The van der Waals surface area contributed by atoms with Gasteiger partial charge in [0.05, 0.1) is 5.69 Å². The lowest BCUT2D eigenvalue weighted by Gasteiger charge is -2.24. The number of aryl methyl sites for hydroxylation is 3. The molecule has 5 heteroatoms. The molecule has 1 aromatic heterocycles. The fourth-order valence-corrected chi connectivity index (χ4v) is 2.93. The van der Waals surface area contributed by atoms with Crippen LogP contribution in [0.25, 0.3) is 0 Å². The molecule has 120 valence electrons. The Balaban J connectivity index is 2.07. The lowest BCUT2D eigenvalue weighted by atomic mass is 9.96. The number of aromatic nitrogens is 1. The number of rotatable bonds is 3. The molecule has 1 aromatic carbocycles. The van der Waals surface area contributed by atoms with Crippen molar-refractivity contribution >= 4 is 17.4 Å². The topological polar surface area (TPSA) is 33.2 Å². The SMILES string of the molecule is Cc1ccc(N(C(=O)CF)c2ccc3c(n2)CCCC3)c(F)c1. The Morgan fingerprint density at radius 2 is 2.00 bits per heavy atom. The highest BCUT2D eigenvalue weighted by Gasteiger charge is 2.23. The lowest BCUT2D eigenvalue weighted by Crippen LogP contribution is -2.29.